The van der Waals surface area contributed by atoms with E-state index in [1.165, 1.54) is 16.4 Å². The lowest BCUT2D eigenvalue weighted by Gasteiger charge is -2.34. The largest absolute Gasteiger partial charge is 0.373 e. The Labute approximate surface area is 156 Å². The molecule has 0 aromatic heterocycles. The summed E-state index contributed by atoms with van der Waals surface area (Å²) >= 11 is 0. The van der Waals surface area contributed by atoms with E-state index in [1.54, 1.807) is 12.1 Å². The summed E-state index contributed by atoms with van der Waals surface area (Å²) in [7, 11) is -3.59. The molecule has 0 saturated carbocycles. The van der Waals surface area contributed by atoms with E-state index < -0.39 is 10.0 Å². The zero-order valence-electron chi connectivity index (χ0n) is 15.9. The van der Waals surface area contributed by atoms with Gasteiger partial charge in [0.25, 0.3) is 5.91 Å². The predicted octanol–water partition coefficient (Wildman–Crippen LogP) is 1.21. The van der Waals surface area contributed by atoms with E-state index in [1.807, 2.05) is 27.7 Å². The third-order valence-electron chi connectivity index (χ3n) is 4.26. The van der Waals surface area contributed by atoms with Crippen LogP contribution in [-0.2, 0) is 14.8 Å². The van der Waals surface area contributed by atoms with Gasteiger partial charge < -0.3 is 15.4 Å². The number of carbonyl (C=O) groups is 1. The van der Waals surface area contributed by atoms with Crippen molar-refractivity contribution in [2.45, 2.75) is 50.8 Å². The van der Waals surface area contributed by atoms with Crippen LogP contribution in [0.5, 0.6) is 0 Å². The highest BCUT2D eigenvalue weighted by molar-refractivity contribution is 7.89. The standard InChI is InChI=1S/C18H29N3O4S/c1-5-19-13(2)10-20-18(22)16-6-8-17(9-7-16)26(23,24)21-11-14(3)25-15(4)12-21/h6-9,13-15,19H,5,10-12H2,1-4H3,(H,20,22)/t13-,14?,15?/m1/s1. The van der Waals surface area contributed by atoms with E-state index >= 15 is 0 Å². The molecule has 146 valence electrons. The molecule has 2 N–H and O–H groups in total. The summed E-state index contributed by atoms with van der Waals surface area (Å²) in [5, 5.41) is 6.05. The van der Waals surface area contributed by atoms with Crippen LogP contribution in [0.3, 0.4) is 0 Å². The first-order valence-electron chi connectivity index (χ1n) is 9.01. The topological polar surface area (TPSA) is 87.7 Å². The molecular weight excluding hydrogens is 354 g/mol. The minimum absolute atomic E-state index is 0.141. The van der Waals surface area contributed by atoms with Crippen molar-refractivity contribution < 1.29 is 17.9 Å². The van der Waals surface area contributed by atoms with E-state index in [2.05, 4.69) is 10.6 Å². The molecule has 1 aromatic carbocycles. The summed E-state index contributed by atoms with van der Waals surface area (Å²) in [5.41, 5.74) is 0.441. The fraction of sp³-hybridized carbons (Fsp3) is 0.611. The van der Waals surface area contributed by atoms with E-state index in [9.17, 15) is 13.2 Å². The molecule has 0 bridgehead atoms. The second kappa shape index (κ2) is 8.94. The number of likely N-dealkylation sites (N-methyl/N-ethyl adjacent to an activating group) is 1. The molecule has 0 radical (unpaired) electrons. The summed E-state index contributed by atoms with van der Waals surface area (Å²) in [6, 6.07) is 6.25. The third-order valence-corrected chi connectivity index (χ3v) is 6.11. The van der Waals surface area contributed by atoms with Crippen LogP contribution in [0.4, 0.5) is 0 Å². The Bertz CT molecular complexity index is 696. The van der Waals surface area contributed by atoms with Crippen molar-refractivity contribution >= 4 is 15.9 Å². The van der Waals surface area contributed by atoms with Gasteiger partial charge in [-0.3, -0.25) is 4.79 Å². The minimum Gasteiger partial charge on any atom is -0.373 e. The summed E-state index contributed by atoms with van der Waals surface area (Å²) < 4.78 is 32.7. The van der Waals surface area contributed by atoms with Gasteiger partial charge in [-0.15, -0.1) is 0 Å². The molecule has 1 amide bonds. The SMILES string of the molecule is CCN[C@H](C)CNC(=O)c1ccc(S(=O)(=O)N2CC(C)OC(C)C2)cc1. The number of nitrogens with zero attached hydrogens (tertiary/aromatic N) is 1. The summed E-state index contributed by atoms with van der Waals surface area (Å²) in [4.78, 5) is 12.4. The first kappa shape index (κ1) is 20.8. The number of amides is 1. The van der Waals surface area contributed by atoms with Crippen LogP contribution in [0.1, 0.15) is 38.1 Å². The normalized spacial score (nSPS) is 22.8. The van der Waals surface area contributed by atoms with Gasteiger partial charge in [0, 0.05) is 31.2 Å². The van der Waals surface area contributed by atoms with Gasteiger partial charge in [-0.05, 0) is 51.6 Å². The van der Waals surface area contributed by atoms with Gasteiger partial charge in [0.05, 0.1) is 17.1 Å². The Kier molecular flexibility index (Phi) is 7.16. The average Bonchev–Trinajstić information content (AvgIpc) is 2.59. The molecule has 7 nitrogen and oxygen atoms in total. The Balaban J connectivity index is 2.05. The number of sulfonamides is 1. The van der Waals surface area contributed by atoms with Crippen LogP contribution < -0.4 is 10.6 Å². The Hall–Kier alpha value is -1.48. The van der Waals surface area contributed by atoms with Gasteiger partial charge in [0.1, 0.15) is 0 Å². The first-order valence-corrected chi connectivity index (χ1v) is 10.4. The number of benzene rings is 1. The zero-order valence-corrected chi connectivity index (χ0v) is 16.7. The van der Waals surface area contributed by atoms with E-state index in [0.717, 1.165) is 6.54 Å². The summed E-state index contributed by atoms with van der Waals surface area (Å²) in [5.74, 6) is -0.215. The molecule has 26 heavy (non-hydrogen) atoms. The lowest BCUT2D eigenvalue weighted by molar-refractivity contribution is -0.0440. The lowest BCUT2D eigenvalue weighted by Crippen LogP contribution is -2.48. The van der Waals surface area contributed by atoms with Gasteiger partial charge in [0.15, 0.2) is 0 Å². The molecule has 0 spiro atoms. The highest BCUT2D eigenvalue weighted by atomic mass is 32.2. The van der Waals surface area contributed by atoms with Crippen molar-refractivity contribution in [3.8, 4) is 0 Å². The van der Waals surface area contributed by atoms with Crippen molar-refractivity contribution in [3.63, 3.8) is 0 Å². The van der Waals surface area contributed by atoms with Crippen LogP contribution in [0.25, 0.3) is 0 Å². The lowest BCUT2D eigenvalue weighted by atomic mass is 10.2. The number of carbonyl (C=O) groups excluding carboxylic acids is 1. The van der Waals surface area contributed by atoms with Gasteiger partial charge in [0.2, 0.25) is 10.0 Å². The van der Waals surface area contributed by atoms with Crippen molar-refractivity contribution in [3.05, 3.63) is 29.8 Å². The number of ether oxygens (including phenoxy) is 1. The second-order valence-corrected chi connectivity index (χ2v) is 8.71. The Morgan fingerprint density at radius 2 is 1.81 bits per heavy atom. The fourth-order valence-electron chi connectivity index (χ4n) is 3.02. The molecule has 1 aromatic rings. The molecule has 0 aliphatic carbocycles. The predicted molar refractivity (Wildman–Crippen MR) is 101 cm³/mol. The Morgan fingerprint density at radius 3 is 2.35 bits per heavy atom. The highest BCUT2D eigenvalue weighted by Crippen LogP contribution is 2.21. The average molecular weight is 384 g/mol. The van der Waals surface area contributed by atoms with Gasteiger partial charge in [-0.1, -0.05) is 6.92 Å². The van der Waals surface area contributed by atoms with Crippen molar-refractivity contribution in [1.29, 1.82) is 0 Å². The van der Waals surface area contributed by atoms with Crippen LogP contribution in [0, 0.1) is 0 Å². The maximum Gasteiger partial charge on any atom is 0.251 e. The smallest absolute Gasteiger partial charge is 0.251 e. The highest BCUT2D eigenvalue weighted by Gasteiger charge is 2.32. The number of hydrogen-bond donors (Lipinski definition) is 2. The van der Waals surface area contributed by atoms with Gasteiger partial charge in [-0.2, -0.15) is 4.31 Å². The second-order valence-electron chi connectivity index (χ2n) is 6.77. The summed E-state index contributed by atoms with van der Waals surface area (Å²) in [6.45, 7) is 9.73. The quantitative estimate of drug-likeness (QED) is 0.739. The van der Waals surface area contributed by atoms with Crippen LogP contribution in [-0.4, -0.2) is 63.1 Å². The zero-order chi connectivity index (χ0) is 19.3. The number of hydrogen-bond acceptors (Lipinski definition) is 5. The molecular formula is C18H29N3O4S. The molecule has 2 unspecified atom stereocenters. The van der Waals surface area contributed by atoms with Crippen molar-refractivity contribution in [2.75, 3.05) is 26.2 Å². The maximum absolute atomic E-state index is 12.8. The monoisotopic (exact) mass is 383 g/mol. The minimum atomic E-state index is -3.59. The molecule has 8 heteroatoms. The van der Waals surface area contributed by atoms with Crippen molar-refractivity contribution in [1.82, 2.24) is 14.9 Å². The molecule has 1 heterocycles. The Morgan fingerprint density at radius 1 is 1.23 bits per heavy atom. The first-order chi connectivity index (χ1) is 12.2. The van der Waals surface area contributed by atoms with Crippen LogP contribution in [0.15, 0.2) is 29.2 Å². The number of morpholine rings is 1. The number of rotatable bonds is 7. The fourth-order valence-corrected chi connectivity index (χ4v) is 4.61. The summed E-state index contributed by atoms with van der Waals surface area (Å²) in [6.07, 6.45) is -0.283. The molecule has 2 rings (SSSR count). The van der Waals surface area contributed by atoms with Crippen LogP contribution in [0.2, 0.25) is 0 Å². The molecule has 3 atom stereocenters. The molecule has 1 aliphatic rings. The molecule has 1 aliphatic heterocycles. The number of nitrogens with one attached hydrogen (secondary N) is 2. The van der Waals surface area contributed by atoms with E-state index in [-0.39, 0.29) is 29.1 Å². The molecule has 1 fully saturated rings. The van der Waals surface area contributed by atoms with Crippen LogP contribution >= 0.6 is 0 Å². The maximum atomic E-state index is 12.8. The molecule has 1 saturated heterocycles. The van der Waals surface area contributed by atoms with Gasteiger partial charge >= 0.3 is 0 Å². The van der Waals surface area contributed by atoms with Crippen molar-refractivity contribution in [2.24, 2.45) is 0 Å². The van der Waals surface area contributed by atoms with Gasteiger partial charge in [-0.25, -0.2) is 8.42 Å². The third kappa shape index (κ3) is 5.26. The van der Waals surface area contributed by atoms with E-state index in [0.29, 0.717) is 25.2 Å². The van der Waals surface area contributed by atoms with E-state index in [4.69, 9.17) is 4.74 Å².